The molecule has 26 heavy (non-hydrogen) atoms. The van der Waals surface area contributed by atoms with E-state index in [0.717, 1.165) is 18.4 Å². The standard InChI is InChI=1S/C18H22N2O5S/c1-24-13-15-6-9-17(25-15)18(21)19-12-14-4-7-16(8-5-14)26(22,23)20-10-2-3-11-20/h4-9H,2-3,10-13H2,1H3,(H,19,21). The van der Waals surface area contributed by atoms with Gasteiger partial charge in [-0.05, 0) is 42.7 Å². The van der Waals surface area contributed by atoms with Gasteiger partial charge < -0.3 is 14.5 Å². The van der Waals surface area contributed by atoms with Crippen molar-refractivity contribution >= 4 is 15.9 Å². The second kappa shape index (κ2) is 8.03. The highest BCUT2D eigenvalue weighted by atomic mass is 32.2. The van der Waals surface area contributed by atoms with Gasteiger partial charge in [0.2, 0.25) is 10.0 Å². The lowest BCUT2D eigenvalue weighted by Gasteiger charge is -2.15. The van der Waals surface area contributed by atoms with Crippen LogP contribution in [0.4, 0.5) is 0 Å². The number of nitrogens with one attached hydrogen (secondary N) is 1. The Morgan fingerprint density at radius 1 is 1.15 bits per heavy atom. The zero-order valence-corrected chi connectivity index (χ0v) is 15.4. The van der Waals surface area contributed by atoms with Gasteiger partial charge in [-0.2, -0.15) is 4.31 Å². The van der Waals surface area contributed by atoms with Crippen molar-refractivity contribution in [3.8, 4) is 0 Å². The molecule has 0 saturated carbocycles. The fourth-order valence-corrected chi connectivity index (χ4v) is 4.36. The van der Waals surface area contributed by atoms with E-state index in [1.165, 1.54) is 4.31 Å². The normalized spacial score (nSPS) is 15.3. The maximum atomic E-state index is 12.5. The number of amides is 1. The molecule has 1 aliphatic rings. The number of methoxy groups -OCH3 is 1. The Bertz CT molecular complexity index is 852. The third kappa shape index (κ3) is 4.14. The Morgan fingerprint density at radius 3 is 2.50 bits per heavy atom. The van der Waals surface area contributed by atoms with Gasteiger partial charge in [-0.25, -0.2) is 8.42 Å². The number of ether oxygens (including phenoxy) is 1. The highest BCUT2D eigenvalue weighted by molar-refractivity contribution is 7.89. The van der Waals surface area contributed by atoms with Crippen molar-refractivity contribution in [2.45, 2.75) is 30.9 Å². The summed E-state index contributed by atoms with van der Waals surface area (Å²) in [5.41, 5.74) is 0.808. The van der Waals surface area contributed by atoms with Crippen LogP contribution < -0.4 is 5.32 Å². The summed E-state index contributed by atoms with van der Waals surface area (Å²) < 4.78 is 36.8. The summed E-state index contributed by atoms with van der Waals surface area (Å²) in [5, 5.41) is 2.75. The molecule has 1 N–H and O–H groups in total. The molecule has 1 fully saturated rings. The maximum Gasteiger partial charge on any atom is 0.287 e. The van der Waals surface area contributed by atoms with E-state index in [0.29, 0.717) is 25.5 Å². The molecule has 1 aliphatic heterocycles. The third-order valence-electron chi connectivity index (χ3n) is 4.25. The Hall–Kier alpha value is -2.16. The number of carbonyl (C=O) groups is 1. The number of hydrogen-bond acceptors (Lipinski definition) is 5. The Balaban J connectivity index is 1.59. The van der Waals surface area contributed by atoms with Crippen molar-refractivity contribution in [3.63, 3.8) is 0 Å². The minimum absolute atomic E-state index is 0.213. The first-order valence-electron chi connectivity index (χ1n) is 8.45. The largest absolute Gasteiger partial charge is 0.453 e. The average Bonchev–Trinajstić information content (AvgIpc) is 3.32. The first-order valence-corrected chi connectivity index (χ1v) is 9.89. The second-order valence-electron chi connectivity index (χ2n) is 6.14. The van der Waals surface area contributed by atoms with Gasteiger partial charge in [-0.15, -0.1) is 0 Å². The Labute approximate surface area is 153 Å². The van der Waals surface area contributed by atoms with Crippen LogP contribution in [0.15, 0.2) is 45.7 Å². The zero-order valence-electron chi connectivity index (χ0n) is 14.6. The highest BCUT2D eigenvalue weighted by Crippen LogP contribution is 2.21. The average molecular weight is 378 g/mol. The lowest BCUT2D eigenvalue weighted by Crippen LogP contribution is -2.27. The van der Waals surface area contributed by atoms with E-state index in [1.54, 1.807) is 43.5 Å². The molecule has 2 heterocycles. The van der Waals surface area contributed by atoms with Gasteiger partial charge in [0.05, 0.1) is 4.90 Å². The quantitative estimate of drug-likeness (QED) is 0.797. The van der Waals surface area contributed by atoms with Crippen LogP contribution in [-0.2, 0) is 27.9 Å². The lowest BCUT2D eigenvalue weighted by molar-refractivity contribution is 0.0914. The van der Waals surface area contributed by atoms with Gasteiger partial charge in [-0.1, -0.05) is 12.1 Å². The molecule has 7 nitrogen and oxygen atoms in total. The minimum atomic E-state index is -3.41. The number of benzene rings is 1. The number of sulfonamides is 1. The van der Waals surface area contributed by atoms with E-state index in [1.807, 2.05) is 0 Å². The topological polar surface area (TPSA) is 88.8 Å². The van der Waals surface area contributed by atoms with Crippen LogP contribution in [0.2, 0.25) is 0 Å². The first-order chi connectivity index (χ1) is 12.5. The summed E-state index contributed by atoms with van der Waals surface area (Å²) >= 11 is 0. The molecule has 8 heteroatoms. The number of rotatable bonds is 7. The number of hydrogen-bond donors (Lipinski definition) is 1. The fourth-order valence-electron chi connectivity index (χ4n) is 2.85. The van der Waals surface area contributed by atoms with Gasteiger partial charge in [0.1, 0.15) is 12.4 Å². The van der Waals surface area contributed by atoms with E-state index in [4.69, 9.17) is 9.15 Å². The first kappa shape index (κ1) is 18.6. The van der Waals surface area contributed by atoms with Gasteiger partial charge in [0, 0.05) is 26.7 Å². The molecule has 140 valence electrons. The molecule has 1 amide bonds. The van der Waals surface area contributed by atoms with Crippen LogP contribution in [-0.4, -0.2) is 38.8 Å². The Kier molecular flexibility index (Phi) is 5.75. The van der Waals surface area contributed by atoms with E-state index in [2.05, 4.69) is 5.32 Å². The minimum Gasteiger partial charge on any atom is -0.453 e. The van der Waals surface area contributed by atoms with Gasteiger partial charge in [0.15, 0.2) is 5.76 Å². The lowest BCUT2D eigenvalue weighted by atomic mass is 10.2. The molecule has 0 spiro atoms. The number of nitrogens with zero attached hydrogens (tertiary/aromatic N) is 1. The van der Waals surface area contributed by atoms with Crippen molar-refractivity contribution < 1.29 is 22.4 Å². The van der Waals surface area contributed by atoms with Crippen LogP contribution in [0.3, 0.4) is 0 Å². The summed E-state index contributed by atoms with van der Waals surface area (Å²) in [7, 11) is -1.86. The molecular weight excluding hydrogens is 356 g/mol. The van der Waals surface area contributed by atoms with Crippen molar-refractivity contribution in [2.24, 2.45) is 0 Å². The van der Waals surface area contributed by atoms with Crippen LogP contribution >= 0.6 is 0 Å². The van der Waals surface area contributed by atoms with Crippen molar-refractivity contribution in [1.29, 1.82) is 0 Å². The fraction of sp³-hybridized carbons (Fsp3) is 0.389. The molecule has 1 saturated heterocycles. The SMILES string of the molecule is COCc1ccc(C(=O)NCc2ccc(S(=O)(=O)N3CCCC3)cc2)o1. The smallest absolute Gasteiger partial charge is 0.287 e. The van der Waals surface area contributed by atoms with Gasteiger partial charge in [-0.3, -0.25) is 4.79 Å². The van der Waals surface area contributed by atoms with Crippen LogP contribution in [0, 0.1) is 0 Å². The summed E-state index contributed by atoms with van der Waals surface area (Å²) in [5.74, 6) is 0.459. The van der Waals surface area contributed by atoms with E-state index < -0.39 is 10.0 Å². The Morgan fingerprint density at radius 2 is 1.85 bits per heavy atom. The van der Waals surface area contributed by atoms with Crippen LogP contribution in [0.25, 0.3) is 0 Å². The molecule has 0 bridgehead atoms. The predicted molar refractivity (Wildman–Crippen MR) is 95.0 cm³/mol. The summed E-state index contributed by atoms with van der Waals surface area (Å²) in [4.78, 5) is 12.4. The molecule has 0 aliphatic carbocycles. The van der Waals surface area contributed by atoms with E-state index in [9.17, 15) is 13.2 Å². The maximum absolute atomic E-state index is 12.5. The highest BCUT2D eigenvalue weighted by Gasteiger charge is 2.26. The summed E-state index contributed by atoms with van der Waals surface area (Å²) in [6.45, 7) is 1.74. The molecule has 1 aromatic heterocycles. The third-order valence-corrected chi connectivity index (χ3v) is 6.16. The molecule has 0 radical (unpaired) electrons. The molecule has 2 aromatic rings. The molecule has 3 rings (SSSR count). The van der Waals surface area contributed by atoms with Crippen molar-refractivity contribution in [1.82, 2.24) is 9.62 Å². The summed E-state index contributed by atoms with van der Waals surface area (Å²) in [6.07, 6.45) is 1.81. The van der Waals surface area contributed by atoms with Gasteiger partial charge in [0.25, 0.3) is 5.91 Å². The van der Waals surface area contributed by atoms with Crippen LogP contribution in [0.5, 0.6) is 0 Å². The monoisotopic (exact) mass is 378 g/mol. The zero-order chi connectivity index (χ0) is 18.6. The van der Waals surface area contributed by atoms with Crippen molar-refractivity contribution in [3.05, 3.63) is 53.5 Å². The number of carbonyl (C=O) groups excluding carboxylic acids is 1. The van der Waals surface area contributed by atoms with Crippen LogP contribution in [0.1, 0.15) is 34.7 Å². The predicted octanol–water partition coefficient (Wildman–Crippen LogP) is 2.14. The second-order valence-corrected chi connectivity index (χ2v) is 8.07. The summed E-state index contributed by atoms with van der Waals surface area (Å²) in [6, 6.07) is 9.87. The van der Waals surface area contributed by atoms with E-state index >= 15 is 0 Å². The molecule has 0 atom stereocenters. The van der Waals surface area contributed by atoms with Gasteiger partial charge >= 0.3 is 0 Å². The van der Waals surface area contributed by atoms with Crippen molar-refractivity contribution in [2.75, 3.05) is 20.2 Å². The van der Waals surface area contributed by atoms with E-state index in [-0.39, 0.29) is 23.1 Å². The number of furan rings is 1. The molecular formula is C18H22N2O5S. The molecule has 0 unspecified atom stereocenters. The molecule has 1 aromatic carbocycles.